The second kappa shape index (κ2) is 10.8. The van der Waals surface area contributed by atoms with E-state index in [0.29, 0.717) is 0 Å². The Hall–Kier alpha value is -3.94. The minimum Gasteiger partial charge on any atom is -0.451 e. The molecule has 36 heavy (non-hydrogen) atoms. The van der Waals surface area contributed by atoms with Crippen LogP contribution in [-0.2, 0) is 14.2 Å². The van der Waals surface area contributed by atoms with Crippen LogP contribution in [0.4, 0.5) is 0 Å². The highest BCUT2D eigenvalue weighted by Crippen LogP contribution is 2.43. The topological polar surface area (TPSA) is 165 Å². The number of halogens is 1. The van der Waals surface area contributed by atoms with Crippen LogP contribution in [0, 0.1) is 0 Å². The first-order chi connectivity index (χ1) is 17.4. The first-order valence-corrected chi connectivity index (χ1v) is 12.0. The number of carbonyl (C=O) groups is 2. The van der Waals surface area contributed by atoms with Crippen molar-refractivity contribution < 1.29 is 23.8 Å². The van der Waals surface area contributed by atoms with E-state index < -0.39 is 47.3 Å². The van der Waals surface area contributed by atoms with Gasteiger partial charge in [-0.1, -0.05) is 64.1 Å². The molecule has 1 saturated heterocycles. The Balaban J connectivity index is 1.82. The molecular weight excluding hydrogens is 585 g/mol. The Morgan fingerprint density at radius 3 is 2.14 bits per heavy atom. The third-order valence-corrected chi connectivity index (χ3v) is 6.47. The van der Waals surface area contributed by atoms with Crippen molar-refractivity contribution in [3.05, 3.63) is 115 Å². The van der Waals surface area contributed by atoms with E-state index in [-0.39, 0.29) is 15.6 Å². The molecule has 0 saturated carbocycles. The van der Waals surface area contributed by atoms with Gasteiger partial charge in [0.15, 0.2) is 24.2 Å². The smallest absolute Gasteiger partial charge is 0.338 e. The minimum atomic E-state index is -1.85. The van der Waals surface area contributed by atoms with E-state index in [2.05, 4.69) is 15.0 Å². The second-order valence-corrected chi connectivity index (χ2v) is 8.38. The number of hydrogen-bond acceptors (Lipinski definition) is 8. The molecule has 13 heteroatoms. The van der Waals surface area contributed by atoms with Crippen molar-refractivity contribution in [1.29, 1.82) is 0 Å². The molecule has 0 amide bonds. The van der Waals surface area contributed by atoms with Gasteiger partial charge in [0.25, 0.3) is 5.56 Å². The lowest BCUT2D eigenvalue weighted by molar-refractivity contribution is -0.0887. The first kappa shape index (κ1) is 25.2. The highest BCUT2D eigenvalue weighted by molar-refractivity contribution is 14.1. The maximum Gasteiger partial charge on any atom is 0.338 e. The minimum absolute atomic E-state index is 0.0322. The maximum atomic E-state index is 13.0. The van der Waals surface area contributed by atoms with Crippen LogP contribution in [-0.4, -0.2) is 43.9 Å². The highest BCUT2D eigenvalue weighted by Gasteiger charge is 2.60. The van der Waals surface area contributed by atoms with Crippen LogP contribution in [0.3, 0.4) is 0 Å². The third kappa shape index (κ3) is 5.03. The van der Waals surface area contributed by atoms with E-state index in [4.69, 9.17) is 14.2 Å². The molecule has 1 N–H and O–H groups in total. The number of alkyl halides is 1. The van der Waals surface area contributed by atoms with E-state index in [1.165, 1.54) is 24.3 Å². The van der Waals surface area contributed by atoms with Crippen molar-refractivity contribution in [1.82, 2.24) is 9.55 Å². The number of rotatable bonds is 7. The Morgan fingerprint density at radius 2 is 1.61 bits per heavy atom. The van der Waals surface area contributed by atoms with Crippen LogP contribution >= 0.6 is 22.6 Å². The van der Waals surface area contributed by atoms with Crippen molar-refractivity contribution in [3.63, 3.8) is 0 Å². The number of benzene rings is 2. The standard InChI is InChI=1S/C23H18IN5O7/c24-13-23(27-28-25)18(35-21(32)15-9-5-2-6-10-15)17(34-20(31)14-7-3-1-4-8-14)19(36-23)29-12-11-16(30)26-22(29)33/h1-12,17-19H,13H2,(H,26,30,33)/t17?,18?,19-,23-/m0/s1. The summed E-state index contributed by atoms with van der Waals surface area (Å²) in [5.41, 5.74) is 6.31. The lowest BCUT2D eigenvalue weighted by Crippen LogP contribution is -2.47. The predicted octanol–water partition coefficient (Wildman–Crippen LogP) is 2.96. The number of esters is 2. The SMILES string of the molecule is [N-]=[N+]=N[C@@]1(CI)O[C@H](n2ccc(=O)[nH]c2=O)C(OC(=O)c2ccccc2)C1OC(=O)c1ccccc1. The fourth-order valence-corrected chi connectivity index (χ4v) is 4.45. The summed E-state index contributed by atoms with van der Waals surface area (Å²) in [4.78, 5) is 55.2. The summed E-state index contributed by atoms with van der Waals surface area (Å²) in [7, 11) is 0. The van der Waals surface area contributed by atoms with Gasteiger partial charge in [0.05, 0.1) is 11.1 Å². The van der Waals surface area contributed by atoms with E-state index in [1.54, 1.807) is 36.4 Å². The lowest BCUT2D eigenvalue weighted by atomic mass is 10.1. The molecule has 12 nitrogen and oxygen atoms in total. The number of nitrogens with one attached hydrogen (secondary N) is 1. The average Bonchev–Trinajstić information content (AvgIpc) is 3.18. The molecular formula is C23H18IN5O7. The maximum absolute atomic E-state index is 13.0. The van der Waals surface area contributed by atoms with Crippen molar-refractivity contribution >= 4 is 34.5 Å². The second-order valence-electron chi connectivity index (χ2n) is 7.62. The first-order valence-electron chi connectivity index (χ1n) is 10.5. The third-order valence-electron chi connectivity index (χ3n) is 5.38. The normalized spacial score (nSPS) is 22.9. The van der Waals surface area contributed by atoms with Gasteiger partial charge >= 0.3 is 17.6 Å². The van der Waals surface area contributed by atoms with Crippen LogP contribution in [0.25, 0.3) is 10.4 Å². The van der Waals surface area contributed by atoms with Crippen LogP contribution in [0.2, 0.25) is 0 Å². The number of aromatic nitrogens is 2. The molecule has 2 heterocycles. The fourth-order valence-electron chi connectivity index (χ4n) is 3.69. The van der Waals surface area contributed by atoms with Gasteiger partial charge in [-0.2, -0.15) is 0 Å². The molecule has 4 rings (SSSR count). The largest absolute Gasteiger partial charge is 0.451 e. The number of carbonyl (C=O) groups excluding carboxylic acids is 2. The van der Waals surface area contributed by atoms with Gasteiger partial charge in [0.2, 0.25) is 0 Å². The summed E-state index contributed by atoms with van der Waals surface area (Å²) in [6.45, 7) is 0. The van der Waals surface area contributed by atoms with E-state index in [0.717, 1.165) is 16.8 Å². The number of aromatic amines is 1. The van der Waals surface area contributed by atoms with Gasteiger partial charge in [-0.3, -0.25) is 14.3 Å². The number of ether oxygens (including phenoxy) is 3. The molecule has 1 aliphatic rings. The molecule has 2 unspecified atom stereocenters. The Kier molecular flexibility index (Phi) is 7.52. The number of nitrogens with zero attached hydrogens (tertiary/aromatic N) is 4. The summed E-state index contributed by atoms with van der Waals surface area (Å²) in [5, 5.41) is 3.75. The van der Waals surface area contributed by atoms with Gasteiger partial charge in [-0.05, 0) is 29.8 Å². The van der Waals surface area contributed by atoms with Gasteiger partial charge in [-0.15, -0.1) is 0 Å². The van der Waals surface area contributed by atoms with Gasteiger partial charge in [0, 0.05) is 21.6 Å². The van der Waals surface area contributed by atoms with Gasteiger partial charge < -0.3 is 14.2 Å². The average molecular weight is 603 g/mol. The van der Waals surface area contributed by atoms with E-state index >= 15 is 0 Å². The van der Waals surface area contributed by atoms with Crippen molar-refractivity contribution in [2.75, 3.05) is 4.43 Å². The molecule has 2 aromatic carbocycles. The van der Waals surface area contributed by atoms with Crippen LogP contribution in [0.15, 0.2) is 87.6 Å². The molecule has 1 aromatic heterocycles. The number of H-pyrrole nitrogens is 1. The van der Waals surface area contributed by atoms with E-state index in [9.17, 15) is 24.7 Å². The monoisotopic (exact) mass is 603 g/mol. The van der Waals surface area contributed by atoms with Crippen molar-refractivity contribution in [2.24, 2.45) is 5.11 Å². The zero-order valence-corrected chi connectivity index (χ0v) is 20.5. The molecule has 0 radical (unpaired) electrons. The van der Waals surface area contributed by atoms with Crippen LogP contribution in [0.1, 0.15) is 26.9 Å². The summed E-state index contributed by atoms with van der Waals surface area (Å²) in [6, 6.07) is 17.1. The molecule has 3 aromatic rings. The van der Waals surface area contributed by atoms with E-state index in [1.807, 2.05) is 22.6 Å². The summed E-state index contributed by atoms with van der Waals surface area (Å²) >= 11 is 1.87. The number of hydrogen-bond donors (Lipinski definition) is 1. The van der Waals surface area contributed by atoms with Crippen LogP contribution in [0.5, 0.6) is 0 Å². The molecule has 0 bridgehead atoms. The Morgan fingerprint density at radius 1 is 1.03 bits per heavy atom. The molecule has 0 aliphatic carbocycles. The fraction of sp³-hybridized carbons (Fsp3) is 0.217. The quantitative estimate of drug-likeness (QED) is 0.108. The van der Waals surface area contributed by atoms with Gasteiger partial charge in [0.1, 0.15) is 0 Å². The van der Waals surface area contributed by atoms with Crippen molar-refractivity contribution in [3.8, 4) is 0 Å². The molecule has 1 aliphatic heterocycles. The summed E-state index contributed by atoms with van der Waals surface area (Å²) < 4.78 is 18.4. The molecule has 0 spiro atoms. The summed E-state index contributed by atoms with van der Waals surface area (Å²) in [6.07, 6.45) is -3.15. The lowest BCUT2D eigenvalue weighted by Gasteiger charge is -2.28. The van der Waals surface area contributed by atoms with Crippen LogP contribution < -0.4 is 11.2 Å². The van der Waals surface area contributed by atoms with Crippen molar-refractivity contribution in [2.45, 2.75) is 24.2 Å². The molecule has 184 valence electrons. The van der Waals surface area contributed by atoms with Gasteiger partial charge in [-0.25, -0.2) is 14.4 Å². The number of azide groups is 1. The Labute approximate surface area is 216 Å². The summed E-state index contributed by atoms with van der Waals surface area (Å²) in [5.74, 6) is -1.58. The zero-order valence-electron chi connectivity index (χ0n) is 18.4. The molecule has 4 atom stereocenters. The molecule has 1 fully saturated rings. The highest BCUT2D eigenvalue weighted by atomic mass is 127. The predicted molar refractivity (Wildman–Crippen MR) is 133 cm³/mol. The Bertz CT molecular complexity index is 1420. The zero-order chi connectivity index (χ0) is 25.7.